The Hall–Kier alpha value is -10.6. The molecule has 0 aliphatic heterocycles. The summed E-state index contributed by atoms with van der Waals surface area (Å²) in [7, 11) is 2.82. The number of ether oxygens (including phenoxy) is 2. The molecule has 6 atom stereocenters. The molecule has 0 spiro atoms. The van der Waals surface area contributed by atoms with E-state index in [0.29, 0.717) is 22.7 Å². The van der Waals surface area contributed by atoms with E-state index in [2.05, 4.69) is 152 Å². The molecular weight excluding hydrogens is 1390 g/mol. The summed E-state index contributed by atoms with van der Waals surface area (Å²) in [5.41, 5.74) is 14.6. The summed E-state index contributed by atoms with van der Waals surface area (Å²) in [6, 6.07) is 30.1. The molecule has 508 valence electrons. The molecule has 4 N–H and O–H groups in total. The standard InChI is InChI=1S/C24H25N7OS.C23H21N7O2S.C16H14BrN5.C7H8N2O2S/c1-13(2)28-19-9-20(21-6-5-15-7-14(10-25)11-27-31(15)21)26-12-17(19)23-30-29-22(33-23)16-8-18(16)24(3,4)32;1-12(2)27-18-8-19(20-5-4-14-6-13(9-24)10-26-30(14)20)25-11-17(18)22-29-28-21(33-22)15-7-16(15)23(31)32-3;1-10(2)21-14-6-15(19-9-13(14)17)16-4-3-12-5-11(7-18)8-20-22(12)16;1-11-7(10)5-2-4(5)6-9-8-3-12-6/h5-7,9,11-13,16,18,32H,8H2,1-4H3,(H,26,28);4-6,8,10-12,15-16H,7H2,1-3H3,(H,25,27);3-6,8-10H,1-2H3,(H,19,21);3-5H,2H2,1H3. The summed E-state index contributed by atoms with van der Waals surface area (Å²) in [4.78, 5) is 36.7. The number of hydrogen-bond acceptors (Lipinski definition) is 26. The Bertz CT molecular complexity index is 5130. The molecule has 100 heavy (non-hydrogen) atoms. The number of esters is 2. The second-order valence-corrected chi connectivity index (χ2v) is 29.4. The van der Waals surface area contributed by atoms with Gasteiger partial charge in [-0.3, -0.25) is 24.5 Å². The van der Waals surface area contributed by atoms with Crippen LogP contribution < -0.4 is 16.0 Å². The van der Waals surface area contributed by atoms with Gasteiger partial charge in [-0.05, 0) is 169 Å². The van der Waals surface area contributed by atoms with Gasteiger partial charge >= 0.3 is 11.9 Å². The number of anilines is 3. The molecule has 12 heterocycles. The smallest absolute Gasteiger partial charge is 0.309 e. The van der Waals surface area contributed by atoms with Gasteiger partial charge in [0.1, 0.15) is 38.7 Å². The molecule has 0 amide bonds. The monoisotopic (exact) mass is 1460 g/mol. The van der Waals surface area contributed by atoms with Crippen LogP contribution in [0.15, 0.2) is 120 Å². The molecule has 0 radical (unpaired) electrons. The lowest BCUT2D eigenvalue weighted by molar-refractivity contribution is -0.143. The lowest BCUT2D eigenvalue weighted by atomic mass is 10.0. The average Bonchev–Trinajstić information content (AvgIpc) is 1.59. The van der Waals surface area contributed by atoms with E-state index in [-0.39, 0.29) is 59.5 Å². The van der Waals surface area contributed by atoms with Gasteiger partial charge in [0.2, 0.25) is 0 Å². The quantitative estimate of drug-likeness (QED) is 0.0615. The molecular formula is C70H68BrN21O5S3. The number of carbonyl (C=O) groups excluding carboxylic acids is 2. The number of nitrogens with one attached hydrogen (secondary N) is 3. The number of aromatic nitrogens is 15. The van der Waals surface area contributed by atoms with Crippen molar-refractivity contribution < 1.29 is 24.2 Å². The fourth-order valence-corrected chi connectivity index (χ4v) is 14.6. The predicted octanol–water partition coefficient (Wildman–Crippen LogP) is 13.0. The molecule has 12 aromatic heterocycles. The maximum absolute atomic E-state index is 11.8. The SMILES string of the molecule is CC(C)Nc1cc(-c2ccc3cc(C#N)cnn23)ncc1-c1nnc(C2CC2C(C)(C)O)s1.CC(C)Nc1cc(-c2ccc3cc(C#N)cnn23)ncc1Br.COC(=O)C1CC1c1nnc(-c2cnc(-c3ccc4cc(C#N)cnn34)cc2NC(C)C)s1.COC(=O)C1CC1c1nncs1. The summed E-state index contributed by atoms with van der Waals surface area (Å²) in [5, 5.41) is 90.5. The molecule has 3 aliphatic rings. The number of pyridine rings is 3. The molecule has 15 rings (SSSR count). The second kappa shape index (κ2) is 29.5. The summed E-state index contributed by atoms with van der Waals surface area (Å²) in [6.07, 6.45) is 12.6. The lowest BCUT2D eigenvalue weighted by Crippen LogP contribution is -2.22. The maximum Gasteiger partial charge on any atom is 0.309 e. The minimum absolute atomic E-state index is 0.0305. The van der Waals surface area contributed by atoms with Gasteiger partial charge in [-0.2, -0.15) is 31.1 Å². The molecule has 3 aliphatic carbocycles. The van der Waals surface area contributed by atoms with Crippen LogP contribution in [0.1, 0.15) is 124 Å². The first kappa shape index (κ1) is 69.4. The number of nitriles is 3. The van der Waals surface area contributed by atoms with E-state index in [1.807, 2.05) is 80.7 Å². The third kappa shape index (κ3) is 15.5. The summed E-state index contributed by atoms with van der Waals surface area (Å²) in [6.45, 7) is 16.2. The van der Waals surface area contributed by atoms with E-state index in [9.17, 15) is 14.7 Å². The van der Waals surface area contributed by atoms with Crippen LogP contribution >= 0.6 is 49.9 Å². The van der Waals surface area contributed by atoms with Crippen molar-refractivity contribution in [3.8, 4) is 73.5 Å². The lowest BCUT2D eigenvalue weighted by Gasteiger charge is -2.16. The highest BCUT2D eigenvalue weighted by molar-refractivity contribution is 9.10. The summed E-state index contributed by atoms with van der Waals surface area (Å²) < 4.78 is 15.7. The third-order valence-corrected chi connectivity index (χ3v) is 20.3. The van der Waals surface area contributed by atoms with Crippen molar-refractivity contribution in [3.63, 3.8) is 0 Å². The van der Waals surface area contributed by atoms with Crippen molar-refractivity contribution in [1.29, 1.82) is 15.8 Å². The van der Waals surface area contributed by atoms with Crippen LogP contribution in [0, 0.1) is 51.7 Å². The summed E-state index contributed by atoms with van der Waals surface area (Å²) in [5.74, 6) is 0.420. The predicted molar refractivity (Wildman–Crippen MR) is 384 cm³/mol. The van der Waals surface area contributed by atoms with Crippen molar-refractivity contribution in [1.82, 2.24) is 74.4 Å². The molecule has 26 nitrogen and oxygen atoms in total. The minimum atomic E-state index is -0.702. The fourth-order valence-electron chi connectivity index (χ4n) is 11.5. The molecule has 3 fully saturated rings. The number of fused-ring (bicyclic) bond motifs is 3. The van der Waals surface area contributed by atoms with Gasteiger partial charge in [0, 0.05) is 65.8 Å². The molecule has 3 saturated carbocycles. The van der Waals surface area contributed by atoms with Crippen molar-refractivity contribution in [2.75, 3.05) is 30.2 Å². The number of hydrogen-bond donors (Lipinski definition) is 4. The van der Waals surface area contributed by atoms with Crippen molar-refractivity contribution in [3.05, 3.63) is 152 Å². The minimum Gasteiger partial charge on any atom is -0.469 e. The second-order valence-electron chi connectivity index (χ2n) is 25.6. The summed E-state index contributed by atoms with van der Waals surface area (Å²) >= 11 is 8.05. The zero-order chi connectivity index (χ0) is 70.7. The fraction of sp³-hybridized carbons (Fsp3) is 0.329. The average molecular weight is 1460 g/mol. The molecule has 0 saturated heterocycles. The van der Waals surface area contributed by atoms with Crippen molar-refractivity contribution in [2.24, 2.45) is 17.8 Å². The normalized spacial score (nSPS) is 17.2. The maximum atomic E-state index is 11.8. The van der Waals surface area contributed by atoms with E-state index in [0.717, 1.165) is 128 Å². The van der Waals surface area contributed by atoms with Crippen LogP contribution in [-0.2, 0) is 19.1 Å². The van der Waals surface area contributed by atoms with Crippen LogP contribution in [0.2, 0.25) is 0 Å². The Morgan fingerprint density at radius 2 is 0.950 bits per heavy atom. The Balaban J connectivity index is 0.000000133. The van der Waals surface area contributed by atoms with Crippen LogP contribution in [0.3, 0.4) is 0 Å². The number of halogens is 1. The number of aliphatic hydroxyl groups is 1. The zero-order valence-electron chi connectivity index (χ0n) is 56.0. The van der Waals surface area contributed by atoms with Gasteiger partial charge in [0.05, 0.1) is 139 Å². The zero-order valence-corrected chi connectivity index (χ0v) is 60.1. The molecule has 0 aromatic carbocycles. The Kier molecular flexibility index (Phi) is 20.5. The topological polar surface area (TPSA) is 348 Å². The van der Waals surface area contributed by atoms with Gasteiger partial charge in [0.15, 0.2) is 10.0 Å². The van der Waals surface area contributed by atoms with Gasteiger partial charge in [-0.15, -0.1) is 41.9 Å². The Morgan fingerprint density at radius 1 is 0.550 bits per heavy atom. The first-order valence-electron chi connectivity index (χ1n) is 32.1. The first-order chi connectivity index (χ1) is 48.1. The van der Waals surface area contributed by atoms with Gasteiger partial charge in [-0.1, -0.05) is 22.7 Å². The van der Waals surface area contributed by atoms with E-state index in [1.54, 1.807) is 73.5 Å². The van der Waals surface area contributed by atoms with E-state index in [1.165, 1.54) is 36.9 Å². The Labute approximate surface area is 595 Å². The third-order valence-electron chi connectivity index (χ3n) is 16.6. The van der Waals surface area contributed by atoms with Crippen LogP contribution in [0.25, 0.3) is 71.9 Å². The molecule has 6 unspecified atom stereocenters. The molecule has 0 bridgehead atoms. The Morgan fingerprint density at radius 3 is 1.33 bits per heavy atom. The van der Waals surface area contributed by atoms with Gasteiger partial charge < -0.3 is 30.5 Å². The van der Waals surface area contributed by atoms with Gasteiger partial charge in [0.25, 0.3) is 0 Å². The van der Waals surface area contributed by atoms with Crippen LogP contribution in [0.5, 0.6) is 0 Å². The number of nitrogens with zero attached hydrogens (tertiary/aromatic N) is 18. The first-order valence-corrected chi connectivity index (χ1v) is 35.4. The highest BCUT2D eigenvalue weighted by Gasteiger charge is 2.50. The van der Waals surface area contributed by atoms with E-state index >= 15 is 0 Å². The van der Waals surface area contributed by atoms with Crippen molar-refractivity contribution >= 4 is 95.5 Å². The van der Waals surface area contributed by atoms with Crippen LogP contribution in [-0.4, -0.2) is 129 Å². The highest BCUT2D eigenvalue weighted by atomic mass is 79.9. The number of methoxy groups -OCH3 is 2. The van der Waals surface area contributed by atoms with Gasteiger partial charge in [-0.25, -0.2) is 13.5 Å². The van der Waals surface area contributed by atoms with E-state index in [4.69, 9.17) is 25.5 Å². The molecule has 30 heteroatoms. The largest absolute Gasteiger partial charge is 0.469 e. The van der Waals surface area contributed by atoms with Crippen molar-refractivity contribution in [2.45, 2.75) is 116 Å². The van der Waals surface area contributed by atoms with E-state index < -0.39 is 5.60 Å². The number of carbonyl (C=O) groups is 2. The molecule has 12 aromatic rings. The number of rotatable bonds is 17. The highest BCUT2D eigenvalue weighted by Crippen LogP contribution is 2.55. The van der Waals surface area contributed by atoms with Crippen LogP contribution in [0.4, 0.5) is 17.1 Å².